The van der Waals surface area contributed by atoms with E-state index in [0.717, 1.165) is 36.8 Å². The van der Waals surface area contributed by atoms with Crippen molar-refractivity contribution in [3.63, 3.8) is 0 Å². The largest absolute Gasteiger partial charge is 0.192 e. The Morgan fingerprint density at radius 1 is 0.640 bits per heavy atom. The van der Waals surface area contributed by atoms with Crippen LogP contribution in [0.4, 0.5) is 0 Å². The average Bonchev–Trinajstić information content (AvgIpc) is 2.67. The van der Waals surface area contributed by atoms with E-state index in [1.54, 1.807) is 0 Å². The highest BCUT2D eigenvalue weighted by atomic mass is 32.2. The summed E-state index contributed by atoms with van der Waals surface area (Å²) in [5.41, 5.74) is 3.97. The van der Waals surface area contributed by atoms with Gasteiger partial charge < -0.3 is 0 Å². The van der Waals surface area contributed by atoms with Crippen molar-refractivity contribution >= 4 is 11.8 Å². The van der Waals surface area contributed by atoms with Crippen molar-refractivity contribution in [2.24, 2.45) is 0 Å². The van der Waals surface area contributed by atoms with E-state index in [1.165, 1.54) is 35.5 Å². The molecule has 0 unspecified atom stereocenters. The molecule has 0 aliphatic rings. The Morgan fingerprint density at radius 2 is 1.08 bits per heavy atom. The Bertz CT molecular complexity index is 677. The minimum Gasteiger partial charge on any atom is -0.192 e. The van der Waals surface area contributed by atoms with Crippen molar-refractivity contribution in [1.29, 1.82) is 10.5 Å². The van der Waals surface area contributed by atoms with Crippen molar-refractivity contribution in [3.8, 4) is 12.1 Å². The van der Waals surface area contributed by atoms with E-state index in [4.69, 9.17) is 10.5 Å². The van der Waals surface area contributed by atoms with Crippen molar-refractivity contribution in [3.05, 3.63) is 70.8 Å². The quantitative estimate of drug-likeness (QED) is 0.532. The molecule has 0 N–H and O–H groups in total. The summed E-state index contributed by atoms with van der Waals surface area (Å²) in [6, 6.07) is 20.3. The Hall–Kier alpha value is -2.23. The first-order chi connectivity index (χ1) is 12.3. The van der Waals surface area contributed by atoms with Crippen LogP contribution in [0.25, 0.3) is 0 Å². The van der Waals surface area contributed by atoms with Gasteiger partial charge in [-0.3, -0.25) is 0 Å². The molecule has 128 valence electrons. The second-order valence-corrected chi connectivity index (χ2v) is 7.29. The number of nitrogens with zero attached hydrogens (tertiary/aromatic N) is 2. The van der Waals surface area contributed by atoms with E-state index < -0.39 is 0 Å². The van der Waals surface area contributed by atoms with Crippen LogP contribution in [0.5, 0.6) is 0 Å². The summed E-state index contributed by atoms with van der Waals surface area (Å²) in [6.45, 7) is 0. The topological polar surface area (TPSA) is 47.6 Å². The molecule has 0 bridgehead atoms. The highest BCUT2D eigenvalue weighted by Crippen LogP contribution is 2.15. The zero-order valence-electron chi connectivity index (χ0n) is 14.6. The Labute approximate surface area is 155 Å². The number of aryl methyl sites for hydroxylation is 2. The summed E-state index contributed by atoms with van der Waals surface area (Å²) in [4.78, 5) is 0. The van der Waals surface area contributed by atoms with Gasteiger partial charge in [0.25, 0.3) is 0 Å². The van der Waals surface area contributed by atoms with Crippen molar-refractivity contribution < 1.29 is 0 Å². The molecular formula is C22H24N2S. The lowest BCUT2D eigenvalue weighted by molar-refractivity contribution is 0.789. The van der Waals surface area contributed by atoms with Crippen LogP contribution < -0.4 is 0 Å². The average molecular weight is 349 g/mol. The Morgan fingerprint density at radius 3 is 1.52 bits per heavy atom. The van der Waals surface area contributed by atoms with Gasteiger partial charge in [0.15, 0.2) is 0 Å². The summed E-state index contributed by atoms with van der Waals surface area (Å²) in [5, 5.41) is 18.2. The fraction of sp³-hybridized carbons (Fsp3) is 0.364. The smallest absolute Gasteiger partial charge is 0.0994 e. The molecule has 0 fully saturated rings. The predicted molar refractivity (Wildman–Crippen MR) is 106 cm³/mol. The van der Waals surface area contributed by atoms with Crippen LogP contribution in [-0.2, 0) is 12.8 Å². The van der Waals surface area contributed by atoms with Gasteiger partial charge in [0, 0.05) is 0 Å². The third-order valence-electron chi connectivity index (χ3n) is 4.25. The first kappa shape index (κ1) is 19.1. The zero-order valence-corrected chi connectivity index (χ0v) is 15.4. The second-order valence-electron chi connectivity index (χ2n) is 6.06. The number of rotatable bonds is 10. The monoisotopic (exact) mass is 348 g/mol. The van der Waals surface area contributed by atoms with Gasteiger partial charge in [0.2, 0.25) is 0 Å². The first-order valence-electron chi connectivity index (χ1n) is 8.89. The van der Waals surface area contributed by atoms with Gasteiger partial charge in [-0.05, 0) is 73.3 Å². The number of hydrogen-bond acceptors (Lipinski definition) is 3. The third kappa shape index (κ3) is 6.65. The summed E-state index contributed by atoms with van der Waals surface area (Å²) in [7, 11) is 0. The van der Waals surface area contributed by atoms with E-state index in [2.05, 4.69) is 24.3 Å². The van der Waals surface area contributed by atoms with Gasteiger partial charge in [0.05, 0.1) is 23.3 Å². The third-order valence-corrected chi connectivity index (χ3v) is 5.40. The van der Waals surface area contributed by atoms with Gasteiger partial charge in [-0.15, -0.1) is 0 Å². The molecule has 0 amide bonds. The lowest BCUT2D eigenvalue weighted by atomic mass is 10.0. The number of nitriles is 2. The lowest BCUT2D eigenvalue weighted by Gasteiger charge is -2.05. The molecule has 2 aromatic rings. The molecule has 0 aliphatic carbocycles. The summed E-state index contributed by atoms with van der Waals surface area (Å²) < 4.78 is 0. The number of thioether (sulfide) groups is 1. The highest BCUT2D eigenvalue weighted by Gasteiger charge is 2.02. The van der Waals surface area contributed by atoms with Gasteiger partial charge in [-0.1, -0.05) is 36.4 Å². The maximum absolute atomic E-state index is 9.08. The van der Waals surface area contributed by atoms with Crippen molar-refractivity contribution in [2.45, 2.75) is 38.5 Å². The number of benzene rings is 2. The van der Waals surface area contributed by atoms with E-state index >= 15 is 0 Å². The van der Waals surface area contributed by atoms with Crippen LogP contribution in [0, 0.1) is 22.7 Å². The lowest BCUT2D eigenvalue weighted by Crippen LogP contribution is -1.93. The molecular weight excluding hydrogens is 324 g/mol. The molecule has 0 aliphatic heterocycles. The number of unbranched alkanes of at least 4 members (excludes halogenated alkanes) is 2. The van der Waals surface area contributed by atoms with Crippen molar-refractivity contribution in [1.82, 2.24) is 0 Å². The SMILES string of the molecule is N#Cc1ccccc1CCCCSCCCCc1ccccc1C#N. The van der Waals surface area contributed by atoms with E-state index in [-0.39, 0.29) is 0 Å². The fourth-order valence-electron chi connectivity index (χ4n) is 2.84. The van der Waals surface area contributed by atoms with Crippen molar-refractivity contribution in [2.75, 3.05) is 11.5 Å². The van der Waals surface area contributed by atoms with E-state index in [0.29, 0.717) is 0 Å². The molecule has 2 aromatic carbocycles. The summed E-state index contributed by atoms with van der Waals surface area (Å²) in [5.74, 6) is 2.37. The van der Waals surface area contributed by atoms with Gasteiger partial charge in [-0.25, -0.2) is 0 Å². The Kier molecular flexibility index (Phi) is 8.67. The molecule has 0 aromatic heterocycles. The molecule has 0 saturated heterocycles. The Balaban J connectivity index is 1.53. The first-order valence-corrected chi connectivity index (χ1v) is 10.0. The standard InChI is InChI=1S/C22H24N2S/c23-17-21-13-3-1-9-19(21)11-5-7-15-25-16-8-6-12-20-10-2-4-14-22(20)18-24/h1-4,9-10,13-14H,5-8,11-12,15-16H2. The van der Waals surface area contributed by atoms with Gasteiger partial charge in [0.1, 0.15) is 0 Å². The normalized spacial score (nSPS) is 10.2. The molecule has 0 heterocycles. The molecule has 2 rings (SSSR count). The maximum atomic E-state index is 9.08. The van der Waals surface area contributed by atoms with Crippen LogP contribution in [0.15, 0.2) is 48.5 Å². The summed E-state index contributed by atoms with van der Waals surface area (Å²) >= 11 is 2.01. The molecule has 0 spiro atoms. The zero-order chi connectivity index (χ0) is 17.7. The minimum atomic E-state index is 0.813. The number of hydrogen-bond donors (Lipinski definition) is 0. The van der Waals surface area contributed by atoms with Gasteiger partial charge >= 0.3 is 0 Å². The minimum absolute atomic E-state index is 0.813. The van der Waals surface area contributed by atoms with Gasteiger partial charge in [-0.2, -0.15) is 22.3 Å². The summed E-state index contributed by atoms with van der Waals surface area (Å²) in [6.07, 6.45) is 6.66. The molecule has 0 atom stereocenters. The molecule has 3 heteroatoms. The van der Waals surface area contributed by atoms with Crippen LogP contribution in [-0.4, -0.2) is 11.5 Å². The fourth-order valence-corrected chi connectivity index (χ4v) is 3.86. The van der Waals surface area contributed by atoms with Crippen LogP contribution >= 0.6 is 11.8 Å². The highest BCUT2D eigenvalue weighted by molar-refractivity contribution is 7.99. The maximum Gasteiger partial charge on any atom is 0.0994 e. The molecule has 0 saturated carbocycles. The van der Waals surface area contributed by atoms with Crippen LogP contribution in [0.3, 0.4) is 0 Å². The van der Waals surface area contributed by atoms with Crippen LogP contribution in [0.2, 0.25) is 0 Å². The van der Waals surface area contributed by atoms with E-state index in [1.807, 2.05) is 48.2 Å². The molecule has 2 nitrogen and oxygen atoms in total. The molecule has 0 radical (unpaired) electrons. The predicted octanol–water partition coefficient (Wildman–Crippen LogP) is 5.51. The second kappa shape index (κ2) is 11.3. The van der Waals surface area contributed by atoms with E-state index in [9.17, 15) is 0 Å². The molecule has 25 heavy (non-hydrogen) atoms. The van der Waals surface area contributed by atoms with Crippen LogP contribution in [0.1, 0.15) is 47.9 Å².